The van der Waals surface area contributed by atoms with Gasteiger partial charge in [0.05, 0.1) is 22.5 Å². The second kappa shape index (κ2) is 15.7. The second-order valence-electron chi connectivity index (χ2n) is 13.1. The maximum atomic E-state index is 10.1. The van der Waals surface area contributed by atoms with Crippen molar-refractivity contribution in [2.45, 2.75) is 13.8 Å². The summed E-state index contributed by atoms with van der Waals surface area (Å²) in [4.78, 5) is 16.6. The molecule has 0 amide bonds. The van der Waals surface area contributed by atoms with E-state index in [1.165, 1.54) is 0 Å². The molecule has 2 aliphatic rings. The first kappa shape index (κ1) is 35.4. The lowest BCUT2D eigenvalue weighted by molar-refractivity contribution is 0.609. The molecule has 0 aliphatic carbocycles. The fourth-order valence-electron chi connectivity index (χ4n) is 7.69. The Morgan fingerprint density at radius 1 is 0.500 bits per heavy atom. The molecule has 0 radical (unpaired) electrons. The number of anilines is 6. The van der Waals surface area contributed by atoms with Gasteiger partial charge in [0.25, 0.3) is 0 Å². The van der Waals surface area contributed by atoms with Gasteiger partial charge < -0.3 is 19.6 Å². The van der Waals surface area contributed by atoms with E-state index in [1.807, 2.05) is 72.8 Å². The van der Waals surface area contributed by atoms with Crippen LogP contribution in [0, 0.1) is 18.0 Å². The average molecular weight is 727 g/mol. The molecule has 0 saturated carbocycles. The molecule has 56 heavy (non-hydrogen) atoms. The highest BCUT2D eigenvalue weighted by Crippen LogP contribution is 2.48. The Morgan fingerprint density at radius 3 is 1.14 bits per heavy atom. The van der Waals surface area contributed by atoms with Crippen LogP contribution in [0.2, 0.25) is 0 Å². The molecule has 270 valence electrons. The molecule has 8 nitrogen and oxygen atoms in total. The van der Waals surface area contributed by atoms with Crippen LogP contribution in [0.3, 0.4) is 0 Å². The minimum absolute atomic E-state index is 0.544. The van der Waals surface area contributed by atoms with Crippen LogP contribution in [0.15, 0.2) is 191 Å². The quantitative estimate of drug-likeness (QED) is 0.0799. The van der Waals surface area contributed by atoms with Crippen LogP contribution in [0.25, 0.3) is 16.3 Å². The van der Waals surface area contributed by atoms with Gasteiger partial charge in [0.15, 0.2) is 5.84 Å². The number of nitrogens with zero attached hydrogens (tertiary/aromatic N) is 8. The van der Waals surface area contributed by atoms with Crippen molar-refractivity contribution >= 4 is 57.2 Å². The average Bonchev–Trinajstić information content (AvgIpc) is 3.74. The van der Waals surface area contributed by atoms with Crippen molar-refractivity contribution in [3.05, 3.63) is 204 Å². The van der Waals surface area contributed by atoms with Gasteiger partial charge in [-0.3, -0.25) is 0 Å². The third-order valence-corrected chi connectivity index (χ3v) is 10.0. The summed E-state index contributed by atoms with van der Waals surface area (Å²) in [5, 5.41) is 14.5. The van der Waals surface area contributed by atoms with Gasteiger partial charge in [-0.05, 0) is 97.8 Å². The van der Waals surface area contributed by atoms with Gasteiger partial charge in [0.1, 0.15) is 5.10 Å². The Morgan fingerprint density at radius 2 is 0.821 bits per heavy atom. The molecular weight excluding hydrogens is 689 g/mol. The topological polar surface area (TPSA) is 65.8 Å². The fourth-order valence-corrected chi connectivity index (χ4v) is 7.69. The predicted octanol–water partition coefficient (Wildman–Crippen LogP) is 11.5. The van der Waals surface area contributed by atoms with Crippen LogP contribution in [0.4, 0.5) is 34.1 Å². The van der Waals surface area contributed by atoms with Crippen molar-refractivity contribution < 1.29 is 0 Å². The molecular formula is C48H38N8. The molecule has 8 rings (SSSR count). The van der Waals surface area contributed by atoms with E-state index in [9.17, 15) is 5.26 Å². The summed E-state index contributed by atoms with van der Waals surface area (Å²) in [6.07, 6.45) is 2.08. The highest BCUT2D eigenvalue weighted by Gasteiger charge is 2.47. The second-order valence-corrected chi connectivity index (χ2v) is 13.1. The Balaban J connectivity index is 1.27. The van der Waals surface area contributed by atoms with E-state index in [0.29, 0.717) is 24.8 Å². The molecule has 0 unspecified atom stereocenters. The highest BCUT2D eigenvalue weighted by atomic mass is 15.3. The Bertz CT molecular complexity index is 2290. The van der Waals surface area contributed by atoms with Crippen LogP contribution < -0.4 is 9.80 Å². The zero-order valence-electron chi connectivity index (χ0n) is 31.2. The number of nitriles is 1. The minimum Gasteiger partial charge on any atom is -0.324 e. The van der Waals surface area contributed by atoms with Gasteiger partial charge in [-0.2, -0.15) is 16.8 Å². The van der Waals surface area contributed by atoms with Crippen LogP contribution in [-0.4, -0.2) is 34.6 Å². The fraction of sp³-hybridized carbons (Fsp3) is 0.0833. The van der Waals surface area contributed by atoms with Gasteiger partial charge in [-0.15, -0.1) is 4.95 Å². The SMILES string of the molecule is [C-]#[N+]N=C1C2=C(c3ccc(N(c4ccccc4)c4ccccc4)cc3)N(CC)C(=NC#N)C2=C(c2ccc(N(c3ccccc3)c3ccccc3)cc2)N1CC. The molecule has 0 fully saturated rings. The number of aliphatic imine (C=N–C) groups is 1. The molecule has 0 aromatic heterocycles. The molecule has 0 atom stereocenters. The van der Waals surface area contributed by atoms with E-state index < -0.39 is 0 Å². The van der Waals surface area contributed by atoms with E-state index in [-0.39, 0.29) is 0 Å². The van der Waals surface area contributed by atoms with Gasteiger partial charge in [-0.1, -0.05) is 97.1 Å². The lowest BCUT2D eigenvalue weighted by Crippen LogP contribution is -2.30. The third-order valence-electron chi connectivity index (χ3n) is 10.0. The van der Waals surface area contributed by atoms with E-state index in [2.05, 4.69) is 152 Å². The zero-order chi connectivity index (χ0) is 38.4. The Labute approximate surface area is 328 Å². The number of amidine groups is 2. The van der Waals surface area contributed by atoms with Crippen LogP contribution in [-0.2, 0) is 0 Å². The summed E-state index contributed by atoms with van der Waals surface area (Å²) >= 11 is 0. The lowest BCUT2D eigenvalue weighted by atomic mass is 10.0. The van der Waals surface area contributed by atoms with Crippen molar-refractivity contribution in [3.8, 4) is 6.19 Å². The summed E-state index contributed by atoms with van der Waals surface area (Å²) in [7, 11) is 0. The largest absolute Gasteiger partial charge is 0.324 e. The predicted molar refractivity (Wildman–Crippen MR) is 228 cm³/mol. The zero-order valence-corrected chi connectivity index (χ0v) is 31.2. The molecule has 0 spiro atoms. The Hall–Kier alpha value is -7.68. The molecule has 2 aliphatic heterocycles. The third kappa shape index (κ3) is 6.36. The number of hydrogen-bond donors (Lipinski definition) is 0. The lowest BCUT2D eigenvalue weighted by Gasteiger charge is -2.28. The van der Waals surface area contributed by atoms with Crippen LogP contribution in [0.1, 0.15) is 25.0 Å². The molecule has 6 aromatic carbocycles. The first-order valence-corrected chi connectivity index (χ1v) is 18.6. The number of hydrogen-bond acceptors (Lipinski definition) is 5. The number of rotatable bonds is 10. The molecule has 8 heteroatoms. The van der Waals surface area contributed by atoms with Crippen molar-refractivity contribution in [3.63, 3.8) is 0 Å². The summed E-state index contributed by atoms with van der Waals surface area (Å²) in [6.45, 7) is 13.1. The molecule has 0 saturated heterocycles. The number of likely N-dealkylation sites (N-methyl/N-ethyl adjacent to an activating group) is 2. The normalized spacial score (nSPS) is 14.9. The molecule has 0 N–H and O–H groups in total. The van der Waals surface area contributed by atoms with Crippen LogP contribution >= 0.6 is 0 Å². The van der Waals surface area contributed by atoms with Crippen LogP contribution in [0.5, 0.6) is 0 Å². The highest BCUT2D eigenvalue weighted by molar-refractivity contribution is 6.33. The number of para-hydroxylation sites is 4. The van der Waals surface area contributed by atoms with Gasteiger partial charge in [0.2, 0.25) is 12.0 Å². The summed E-state index contributed by atoms with van der Waals surface area (Å²) in [5.41, 5.74) is 11.4. The van der Waals surface area contributed by atoms with E-state index in [4.69, 9.17) is 6.57 Å². The smallest absolute Gasteiger partial charge is 0.226 e. The van der Waals surface area contributed by atoms with Gasteiger partial charge in [-0.25, -0.2) is 0 Å². The van der Waals surface area contributed by atoms with Crippen molar-refractivity contribution in [2.75, 3.05) is 22.9 Å². The van der Waals surface area contributed by atoms with Crippen molar-refractivity contribution in [1.82, 2.24) is 9.80 Å². The van der Waals surface area contributed by atoms with Crippen molar-refractivity contribution in [1.29, 1.82) is 5.26 Å². The monoisotopic (exact) mass is 726 g/mol. The molecule has 0 bridgehead atoms. The maximum Gasteiger partial charge on any atom is 0.226 e. The molecule has 2 heterocycles. The number of fused-ring (bicyclic) bond motifs is 1. The number of benzene rings is 6. The van der Waals surface area contributed by atoms with E-state index in [1.54, 1.807) is 0 Å². The first-order valence-electron chi connectivity index (χ1n) is 18.6. The summed E-state index contributed by atoms with van der Waals surface area (Å²) < 4.78 is 0. The standard InChI is InChI=1S/C48H38N8/c1-4-53-46(36-28-32-42(33-29-36)56(39-22-14-8-15-23-39)40-24-16-9-17-25-40)44-43(47(53)51-34-49)45(54(5-2)48(44)52-50-3)35-26-30-41(31-27-35)55(37-18-10-6-11-19-37)38-20-12-7-13-21-38/h6-33H,4-5H2,1-2H3. The van der Waals surface area contributed by atoms with Gasteiger partial charge in [0, 0.05) is 47.2 Å². The van der Waals surface area contributed by atoms with E-state index >= 15 is 0 Å². The van der Waals surface area contributed by atoms with Crippen molar-refractivity contribution in [2.24, 2.45) is 10.1 Å². The summed E-state index contributed by atoms with van der Waals surface area (Å²) in [6, 6.07) is 58.1. The minimum atomic E-state index is 0.544. The first-order chi connectivity index (χ1) is 27.7. The maximum absolute atomic E-state index is 10.1. The van der Waals surface area contributed by atoms with Gasteiger partial charge >= 0.3 is 0 Å². The van der Waals surface area contributed by atoms with E-state index in [0.717, 1.165) is 67.8 Å². The summed E-state index contributed by atoms with van der Waals surface area (Å²) in [5.74, 6) is 1.09. The Kier molecular flexibility index (Phi) is 9.94. The molecule has 6 aromatic rings.